The minimum Gasteiger partial charge on any atom is -0.383 e. The van der Waals surface area contributed by atoms with Gasteiger partial charge in [-0.05, 0) is 42.9 Å². The molecule has 6 nitrogen and oxygen atoms in total. The summed E-state index contributed by atoms with van der Waals surface area (Å²) in [4.78, 5) is 14.6. The van der Waals surface area contributed by atoms with E-state index in [1.807, 2.05) is 17.0 Å². The first-order valence-electron chi connectivity index (χ1n) is 10.2. The van der Waals surface area contributed by atoms with Gasteiger partial charge in [0.15, 0.2) is 0 Å². The molecule has 0 spiro atoms. The Kier molecular flexibility index (Phi) is 6.47. The van der Waals surface area contributed by atoms with Crippen molar-refractivity contribution < 1.29 is 17.9 Å². The summed E-state index contributed by atoms with van der Waals surface area (Å²) in [6, 6.07) is 7.20. The molecule has 1 saturated heterocycles. The van der Waals surface area contributed by atoms with Crippen LogP contribution in [0.2, 0.25) is 0 Å². The molecule has 1 heterocycles. The molecule has 1 aromatic rings. The highest BCUT2D eigenvalue weighted by atomic mass is 32.2. The van der Waals surface area contributed by atoms with E-state index in [4.69, 9.17) is 4.74 Å². The van der Waals surface area contributed by atoms with Gasteiger partial charge in [0.1, 0.15) is 0 Å². The third-order valence-corrected chi connectivity index (χ3v) is 7.82. The summed E-state index contributed by atoms with van der Waals surface area (Å²) in [5.41, 5.74) is 0.944. The van der Waals surface area contributed by atoms with Gasteiger partial charge >= 0.3 is 0 Å². The van der Waals surface area contributed by atoms with Crippen molar-refractivity contribution in [1.29, 1.82) is 0 Å². The average molecular weight is 409 g/mol. The highest BCUT2D eigenvalue weighted by molar-refractivity contribution is 7.89. The van der Waals surface area contributed by atoms with E-state index in [0.717, 1.165) is 31.2 Å². The number of carbonyl (C=O) groups excluding carboxylic acids is 1. The molecule has 0 bridgehead atoms. The highest BCUT2D eigenvalue weighted by Crippen LogP contribution is 2.47. The number of hydrogen-bond donors (Lipinski definition) is 1. The van der Waals surface area contributed by atoms with Crippen molar-refractivity contribution in [3.05, 3.63) is 29.8 Å². The molecule has 2 aliphatic rings. The Bertz CT molecular complexity index is 791. The molecule has 1 amide bonds. The fourth-order valence-corrected chi connectivity index (χ4v) is 5.83. The van der Waals surface area contributed by atoms with E-state index in [9.17, 15) is 13.2 Å². The molecule has 0 radical (unpaired) electrons. The second kappa shape index (κ2) is 8.51. The zero-order chi connectivity index (χ0) is 20.4. The number of methoxy groups -OCH3 is 1. The predicted molar refractivity (Wildman–Crippen MR) is 109 cm³/mol. The Balaban J connectivity index is 1.73. The molecule has 28 heavy (non-hydrogen) atoms. The number of fused-ring (bicyclic) bond motifs is 1. The maximum Gasteiger partial charge on any atom is 0.240 e. The molecule has 7 heteroatoms. The summed E-state index contributed by atoms with van der Waals surface area (Å²) in [7, 11) is -1.94. The number of carbonyl (C=O) groups is 1. The van der Waals surface area contributed by atoms with E-state index in [-0.39, 0.29) is 17.4 Å². The molecule has 156 valence electrons. The molecule has 1 aliphatic carbocycles. The van der Waals surface area contributed by atoms with E-state index < -0.39 is 10.0 Å². The zero-order valence-electron chi connectivity index (χ0n) is 17.1. The van der Waals surface area contributed by atoms with Crippen molar-refractivity contribution in [1.82, 2.24) is 9.62 Å². The summed E-state index contributed by atoms with van der Waals surface area (Å²) in [5, 5.41) is 0. The number of hydrogen-bond acceptors (Lipinski definition) is 4. The van der Waals surface area contributed by atoms with Crippen LogP contribution in [0.4, 0.5) is 0 Å². The Morgan fingerprint density at radius 1 is 1.25 bits per heavy atom. The first-order chi connectivity index (χ1) is 13.3. The molecule has 1 N–H and O–H groups in total. The van der Waals surface area contributed by atoms with Gasteiger partial charge in [0.05, 0.1) is 11.5 Å². The number of benzene rings is 1. The van der Waals surface area contributed by atoms with Crippen LogP contribution in [0, 0.1) is 5.41 Å². The third kappa shape index (κ3) is 4.26. The molecule has 2 unspecified atom stereocenters. The number of likely N-dealkylation sites (tertiary alicyclic amines) is 1. The summed E-state index contributed by atoms with van der Waals surface area (Å²) in [6.07, 6.45) is 4.12. The van der Waals surface area contributed by atoms with E-state index in [1.165, 1.54) is 0 Å². The van der Waals surface area contributed by atoms with Crippen molar-refractivity contribution in [2.75, 3.05) is 26.8 Å². The van der Waals surface area contributed by atoms with Crippen LogP contribution < -0.4 is 4.72 Å². The van der Waals surface area contributed by atoms with Crippen molar-refractivity contribution in [3.8, 4) is 0 Å². The van der Waals surface area contributed by atoms with Crippen molar-refractivity contribution in [2.45, 2.75) is 62.8 Å². The number of amides is 1. The molecule has 2 fully saturated rings. The lowest BCUT2D eigenvalue weighted by atomic mass is 9.74. The first-order valence-corrected chi connectivity index (χ1v) is 11.7. The van der Waals surface area contributed by atoms with Gasteiger partial charge < -0.3 is 9.64 Å². The quantitative estimate of drug-likeness (QED) is 0.718. The number of nitrogens with zero attached hydrogens (tertiary/aromatic N) is 1. The van der Waals surface area contributed by atoms with Crippen LogP contribution in [0.1, 0.15) is 57.4 Å². The van der Waals surface area contributed by atoms with Crippen LogP contribution in [0.25, 0.3) is 0 Å². The van der Waals surface area contributed by atoms with Crippen molar-refractivity contribution in [3.63, 3.8) is 0 Å². The first kappa shape index (κ1) is 21.3. The standard InChI is InChI=1S/C21H32N2O4S/c1-16(2)17-6-8-18(9-7-17)28(25,26)22-15-21-11-4-5-19(21)23(13-14-27-3)20(24)10-12-21/h6-9,16,19,22H,4-5,10-15H2,1-3H3. The van der Waals surface area contributed by atoms with E-state index in [0.29, 0.717) is 36.9 Å². The fraction of sp³-hybridized carbons (Fsp3) is 0.667. The molecule has 3 rings (SSSR count). The van der Waals surface area contributed by atoms with E-state index in [1.54, 1.807) is 19.2 Å². The van der Waals surface area contributed by atoms with E-state index in [2.05, 4.69) is 18.6 Å². The number of nitrogens with one attached hydrogen (secondary N) is 1. The molecule has 2 atom stereocenters. The summed E-state index contributed by atoms with van der Waals surface area (Å²) in [6.45, 7) is 5.63. The van der Waals surface area contributed by atoms with Crippen LogP contribution in [-0.2, 0) is 19.6 Å². The zero-order valence-corrected chi connectivity index (χ0v) is 17.9. The van der Waals surface area contributed by atoms with Gasteiger partial charge in [0.2, 0.25) is 15.9 Å². The van der Waals surface area contributed by atoms with Gasteiger partial charge in [-0.2, -0.15) is 0 Å². The number of rotatable bonds is 8. The van der Waals surface area contributed by atoms with Crippen LogP contribution in [-0.4, -0.2) is 52.1 Å². The fourth-order valence-electron chi connectivity index (χ4n) is 4.69. The average Bonchev–Trinajstić information content (AvgIpc) is 3.10. The third-order valence-electron chi connectivity index (χ3n) is 6.40. The summed E-state index contributed by atoms with van der Waals surface area (Å²) >= 11 is 0. The van der Waals surface area contributed by atoms with Gasteiger partial charge in [0.25, 0.3) is 0 Å². The van der Waals surface area contributed by atoms with Gasteiger partial charge in [-0.25, -0.2) is 13.1 Å². The van der Waals surface area contributed by atoms with Gasteiger partial charge in [-0.1, -0.05) is 32.4 Å². The maximum absolute atomic E-state index is 12.8. The minimum absolute atomic E-state index is 0.0925. The van der Waals surface area contributed by atoms with Gasteiger partial charge in [0, 0.05) is 38.1 Å². The lowest BCUT2D eigenvalue weighted by molar-refractivity contribution is -0.142. The van der Waals surface area contributed by atoms with Crippen LogP contribution in [0.3, 0.4) is 0 Å². The van der Waals surface area contributed by atoms with Crippen LogP contribution in [0.5, 0.6) is 0 Å². The normalized spacial score (nSPS) is 25.4. The summed E-state index contributed by atoms with van der Waals surface area (Å²) < 4.78 is 33.7. The van der Waals surface area contributed by atoms with E-state index >= 15 is 0 Å². The Hall–Kier alpha value is -1.44. The number of sulfonamides is 1. The van der Waals surface area contributed by atoms with Crippen molar-refractivity contribution >= 4 is 15.9 Å². The van der Waals surface area contributed by atoms with Crippen LogP contribution in [0.15, 0.2) is 29.2 Å². The Morgan fingerprint density at radius 2 is 1.96 bits per heavy atom. The smallest absolute Gasteiger partial charge is 0.240 e. The molecular weight excluding hydrogens is 376 g/mol. The van der Waals surface area contributed by atoms with Gasteiger partial charge in [-0.3, -0.25) is 4.79 Å². The molecular formula is C21H32N2O4S. The molecule has 1 aliphatic heterocycles. The molecule has 0 aromatic heterocycles. The lowest BCUT2D eigenvalue weighted by Gasteiger charge is -2.46. The maximum atomic E-state index is 12.8. The lowest BCUT2D eigenvalue weighted by Crippen LogP contribution is -2.56. The Morgan fingerprint density at radius 3 is 2.61 bits per heavy atom. The predicted octanol–water partition coefficient (Wildman–Crippen LogP) is 2.90. The number of piperidine rings is 1. The Labute approximate surface area is 168 Å². The largest absolute Gasteiger partial charge is 0.383 e. The minimum atomic E-state index is -3.57. The number of ether oxygens (including phenoxy) is 1. The second-order valence-corrected chi connectivity index (χ2v) is 10.2. The SMILES string of the molecule is COCCN1C(=O)CCC2(CNS(=O)(=O)c3ccc(C(C)C)cc3)CCCC12. The van der Waals surface area contributed by atoms with Gasteiger partial charge in [-0.15, -0.1) is 0 Å². The monoisotopic (exact) mass is 408 g/mol. The topological polar surface area (TPSA) is 75.7 Å². The second-order valence-electron chi connectivity index (χ2n) is 8.40. The molecule has 1 saturated carbocycles. The summed E-state index contributed by atoms with van der Waals surface area (Å²) in [5.74, 6) is 0.521. The molecule has 1 aromatic carbocycles. The van der Waals surface area contributed by atoms with Crippen molar-refractivity contribution in [2.24, 2.45) is 5.41 Å². The van der Waals surface area contributed by atoms with Crippen LogP contribution >= 0.6 is 0 Å². The highest BCUT2D eigenvalue weighted by Gasteiger charge is 2.50.